The predicted molar refractivity (Wildman–Crippen MR) is 63.2 cm³/mol. The molecule has 2 heterocycles. The van der Waals surface area contributed by atoms with Crippen molar-refractivity contribution in [3.63, 3.8) is 0 Å². The van der Waals surface area contributed by atoms with Gasteiger partial charge in [-0.25, -0.2) is 0 Å². The van der Waals surface area contributed by atoms with Gasteiger partial charge >= 0.3 is 0 Å². The van der Waals surface area contributed by atoms with Crippen LogP contribution in [0.4, 0.5) is 5.69 Å². The molecular weight excluding hydrogens is 188 g/mol. The molecule has 0 amide bonds. The first-order valence-corrected chi connectivity index (χ1v) is 5.61. The number of hydrogen-bond donors (Lipinski definition) is 1. The minimum absolute atomic E-state index is 0.165. The Balaban J connectivity index is 0.000000531. The van der Waals surface area contributed by atoms with Crippen LogP contribution in [-0.2, 0) is 0 Å². The number of rotatable bonds is 1. The summed E-state index contributed by atoms with van der Waals surface area (Å²) in [5.41, 5.74) is 2.14. The molecule has 0 saturated carbocycles. The number of pyridine rings is 1. The smallest absolute Gasteiger partial charge is 0.0731 e. The summed E-state index contributed by atoms with van der Waals surface area (Å²) in [6, 6.07) is 4.06. The lowest BCUT2D eigenvalue weighted by atomic mass is 10.3. The molecule has 0 aromatic carbocycles. The molecule has 0 bridgehead atoms. The summed E-state index contributed by atoms with van der Waals surface area (Å²) in [7, 11) is 0. The molecule has 1 aliphatic rings. The van der Waals surface area contributed by atoms with Gasteiger partial charge in [-0.1, -0.05) is 13.8 Å². The zero-order valence-corrected chi connectivity index (χ0v) is 9.77. The van der Waals surface area contributed by atoms with Gasteiger partial charge in [0.2, 0.25) is 0 Å². The first-order valence-electron chi connectivity index (χ1n) is 5.61. The molecule has 1 aliphatic heterocycles. The Morgan fingerprint density at radius 1 is 1.40 bits per heavy atom. The Morgan fingerprint density at radius 2 is 2.13 bits per heavy atom. The highest BCUT2D eigenvalue weighted by Crippen LogP contribution is 2.19. The van der Waals surface area contributed by atoms with Crippen molar-refractivity contribution in [3.05, 3.63) is 24.0 Å². The molecule has 3 heteroatoms. The lowest BCUT2D eigenvalue weighted by Crippen LogP contribution is -2.21. The van der Waals surface area contributed by atoms with Crippen molar-refractivity contribution in [1.29, 1.82) is 0 Å². The molecule has 1 unspecified atom stereocenters. The average molecular weight is 208 g/mol. The van der Waals surface area contributed by atoms with Crippen LogP contribution in [0.5, 0.6) is 0 Å². The molecule has 1 N–H and O–H groups in total. The predicted octanol–water partition coefficient (Wildman–Crippen LogP) is 1.99. The number of aromatic nitrogens is 1. The normalized spacial score (nSPS) is 19.7. The number of anilines is 1. The molecule has 1 fully saturated rings. The maximum Gasteiger partial charge on any atom is 0.0731 e. The fourth-order valence-electron chi connectivity index (χ4n) is 1.62. The Morgan fingerprint density at radius 3 is 2.60 bits per heavy atom. The summed E-state index contributed by atoms with van der Waals surface area (Å²) in [4.78, 5) is 6.39. The molecule has 15 heavy (non-hydrogen) atoms. The highest BCUT2D eigenvalue weighted by atomic mass is 16.3. The van der Waals surface area contributed by atoms with Crippen LogP contribution in [0.15, 0.2) is 18.3 Å². The summed E-state index contributed by atoms with van der Waals surface area (Å²) in [6.45, 7) is 7.65. The van der Waals surface area contributed by atoms with Crippen molar-refractivity contribution in [3.8, 4) is 0 Å². The van der Waals surface area contributed by atoms with E-state index < -0.39 is 0 Å². The van der Waals surface area contributed by atoms with Crippen LogP contribution in [0.3, 0.4) is 0 Å². The van der Waals surface area contributed by atoms with Gasteiger partial charge in [0.05, 0.1) is 18.0 Å². The topological polar surface area (TPSA) is 36.4 Å². The van der Waals surface area contributed by atoms with Crippen molar-refractivity contribution < 1.29 is 5.11 Å². The van der Waals surface area contributed by atoms with E-state index >= 15 is 0 Å². The van der Waals surface area contributed by atoms with Crippen LogP contribution in [0, 0.1) is 6.92 Å². The van der Waals surface area contributed by atoms with E-state index in [0.717, 1.165) is 30.9 Å². The van der Waals surface area contributed by atoms with Gasteiger partial charge in [0.25, 0.3) is 0 Å². The molecule has 2 rings (SSSR count). The van der Waals surface area contributed by atoms with Gasteiger partial charge in [0.15, 0.2) is 0 Å². The Bertz CT molecular complexity index is 284. The second-order valence-electron chi connectivity index (χ2n) is 3.55. The van der Waals surface area contributed by atoms with E-state index in [0.29, 0.717) is 0 Å². The van der Waals surface area contributed by atoms with E-state index in [1.54, 1.807) is 0 Å². The van der Waals surface area contributed by atoms with Gasteiger partial charge in [-0.2, -0.15) is 0 Å². The summed E-state index contributed by atoms with van der Waals surface area (Å²) in [5, 5.41) is 9.35. The lowest BCUT2D eigenvalue weighted by molar-refractivity contribution is 0.198. The Kier molecular flexibility index (Phi) is 4.56. The first kappa shape index (κ1) is 12.0. The quantitative estimate of drug-likeness (QED) is 0.766. The molecule has 0 aliphatic carbocycles. The summed E-state index contributed by atoms with van der Waals surface area (Å²) in [5.74, 6) is 0. The van der Waals surface area contributed by atoms with E-state index in [1.165, 1.54) is 0 Å². The summed E-state index contributed by atoms with van der Waals surface area (Å²) >= 11 is 0. The van der Waals surface area contributed by atoms with E-state index in [4.69, 9.17) is 0 Å². The van der Waals surface area contributed by atoms with Gasteiger partial charge in [-0.3, -0.25) is 4.98 Å². The molecule has 1 saturated heterocycles. The number of aliphatic hydroxyl groups excluding tert-OH is 1. The minimum Gasteiger partial charge on any atom is -0.391 e. The van der Waals surface area contributed by atoms with Crippen LogP contribution < -0.4 is 4.90 Å². The largest absolute Gasteiger partial charge is 0.391 e. The first-order chi connectivity index (χ1) is 7.25. The van der Waals surface area contributed by atoms with Crippen molar-refractivity contribution in [2.45, 2.75) is 33.3 Å². The van der Waals surface area contributed by atoms with Gasteiger partial charge < -0.3 is 10.0 Å². The van der Waals surface area contributed by atoms with Gasteiger partial charge in [0, 0.05) is 18.8 Å². The third-order valence-corrected chi connectivity index (χ3v) is 2.42. The zero-order valence-electron chi connectivity index (χ0n) is 9.77. The second-order valence-corrected chi connectivity index (χ2v) is 3.55. The number of β-amino-alcohol motifs (C(OH)–C–C–N with tert-alkyl or cyclic N) is 1. The fraction of sp³-hybridized carbons (Fsp3) is 0.583. The molecule has 0 radical (unpaired) electrons. The highest BCUT2D eigenvalue weighted by Gasteiger charge is 2.20. The molecule has 1 aromatic rings. The molecule has 84 valence electrons. The summed E-state index contributed by atoms with van der Waals surface area (Å²) in [6.07, 6.45) is 2.57. The van der Waals surface area contributed by atoms with Crippen molar-refractivity contribution in [2.75, 3.05) is 18.0 Å². The van der Waals surface area contributed by atoms with Crippen LogP contribution in [0.2, 0.25) is 0 Å². The second kappa shape index (κ2) is 5.71. The number of hydrogen-bond acceptors (Lipinski definition) is 3. The van der Waals surface area contributed by atoms with E-state index in [-0.39, 0.29) is 6.10 Å². The zero-order chi connectivity index (χ0) is 11.3. The van der Waals surface area contributed by atoms with E-state index in [9.17, 15) is 5.11 Å². The van der Waals surface area contributed by atoms with Gasteiger partial charge in [-0.15, -0.1) is 0 Å². The lowest BCUT2D eigenvalue weighted by Gasteiger charge is -2.16. The molecule has 1 aromatic heterocycles. The van der Waals surface area contributed by atoms with Gasteiger partial charge in [0.1, 0.15) is 0 Å². The minimum atomic E-state index is -0.165. The number of nitrogens with zero attached hydrogens (tertiary/aromatic N) is 2. The maximum absolute atomic E-state index is 9.35. The van der Waals surface area contributed by atoms with Gasteiger partial charge in [-0.05, 0) is 25.5 Å². The van der Waals surface area contributed by atoms with Crippen molar-refractivity contribution in [1.82, 2.24) is 4.98 Å². The standard InChI is InChI=1S/C10H14N2O.C2H6/c1-8-2-3-9(6-11-8)12-5-4-10(13)7-12;1-2/h2-3,6,10,13H,4-5,7H2,1H3;1-2H3. The number of aryl methyl sites for hydroxylation is 1. The molecule has 3 nitrogen and oxygen atoms in total. The van der Waals surface area contributed by atoms with Crippen LogP contribution in [0.25, 0.3) is 0 Å². The van der Waals surface area contributed by atoms with Crippen LogP contribution in [0.1, 0.15) is 26.0 Å². The SMILES string of the molecule is CC.Cc1ccc(N2CCC(O)C2)cn1. The number of aliphatic hydroxyl groups is 1. The van der Waals surface area contributed by atoms with Crippen LogP contribution in [-0.4, -0.2) is 29.3 Å². The van der Waals surface area contributed by atoms with E-state index in [2.05, 4.69) is 16.0 Å². The Labute approximate surface area is 91.8 Å². The summed E-state index contributed by atoms with van der Waals surface area (Å²) < 4.78 is 0. The van der Waals surface area contributed by atoms with Crippen molar-refractivity contribution >= 4 is 5.69 Å². The Hall–Kier alpha value is -1.09. The maximum atomic E-state index is 9.35. The van der Waals surface area contributed by atoms with Crippen molar-refractivity contribution in [2.24, 2.45) is 0 Å². The van der Waals surface area contributed by atoms with E-state index in [1.807, 2.05) is 33.0 Å². The monoisotopic (exact) mass is 208 g/mol. The third-order valence-electron chi connectivity index (χ3n) is 2.42. The molecule has 1 atom stereocenters. The molecule has 0 spiro atoms. The molecular formula is C12H20N2O. The van der Waals surface area contributed by atoms with Crippen LogP contribution >= 0.6 is 0 Å². The third kappa shape index (κ3) is 3.20. The fourth-order valence-corrected chi connectivity index (χ4v) is 1.62. The highest BCUT2D eigenvalue weighted by molar-refractivity contribution is 5.45. The average Bonchev–Trinajstić information content (AvgIpc) is 2.69.